The van der Waals surface area contributed by atoms with E-state index in [9.17, 15) is 4.79 Å². The lowest BCUT2D eigenvalue weighted by molar-refractivity contribution is -0.131. The molecule has 0 fully saturated rings. The van der Waals surface area contributed by atoms with Crippen molar-refractivity contribution in [1.82, 2.24) is 0 Å². The molecule has 0 aliphatic heterocycles. The molecule has 3 heteroatoms. The van der Waals surface area contributed by atoms with Crippen LogP contribution >= 0.6 is 0 Å². The van der Waals surface area contributed by atoms with Crippen molar-refractivity contribution >= 4 is 5.97 Å². The van der Waals surface area contributed by atoms with Gasteiger partial charge in [-0.25, -0.2) is 0 Å². The molecule has 0 aliphatic carbocycles. The molecule has 0 heterocycles. The largest absolute Gasteiger partial charge is 0.497 e. The molecule has 0 saturated heterocycles. The Morgan fingerprint density at radius 1 is 0.957 bits per heavy atom. The fourth-order valence-electron chi connectivity index (χ4n) is 2.70. The quantitative estimate of drug-likeness (QED) is 0.536. The monoisotopic (exact) mass is 312 g/mol. The molecule has 1 atom stereocenters. The van der Waals surface area contributed by atoms with E-state index in [0.717, 1.165) is 18.6 Å². The first kappa shape index (κ1) is 17.1. The highest BCUT2D eigenvalue weighted by Gasteiger charge is 2.14. The number of methoxy groups -OCH3 is 1. The van der Waals surface area contributed by atoms with Gasteiger partial charge in [0.2, 0.25) is 0 Å². The predicted octanol–water partition coefficient (Wildman–Crippen LogP) is 4.94. The molecule has 0 N–H and O–H groups in total. The fraction of sp³-hybridized carbons (Fsp3) is 0.350. The first-order chi connectivity index (χ1) is 11.1. The Morgan fingerprint density at radius 3 is 1.91 bits per heavy atom. The highest BCUT2D eigenvalue weighted by molar-refractivity contribution is 5.69. The van der Waals surface area contributed by atoms with E-state index in [4.69, 9.17) is 9.47 Å². The molecule has 0 aromatic heterocycles. The molecule has 122 valence electrons. The van der Waals surface area contributed by atoms with Gasteiger partial charge in [0, 0.05) is 12.8 Å². The van der Waals surface area contributed by atoms with Gasteiger partial charge in [-0.3, -0.25) is 4.79 Å². The van der Waals surface area contributed by atoms with Crippen LogP contribution in [0, 0.1) is 0 Å². The summed E-state index contributed by atoms with van der Waals surface area (Å²) in [7, 11) is 1.68. The summed E-state index contributed by atoms with van der Waals surface area (Å²) in [4.78, 5) is 11.0. The van der Waals surface area contributed by atoms with Crippen LogP contribution in [-0.4, -0.2) is 13.1 Å². The van der Waals surface area contributed by atoms with E-state index in [1.807, 2.05) is 36.4 Å². The average Bonchev–Trinajstić information content (AvgIpc) is 2.56. The smallest absolute Gasteiger partial charge is 0.308 e. The summed E-state index contributed by atoms with van der Waals surface area (Å²) in [5.74, 6) is 1.50. The third kappa shape index (κ3) is 4.85. The lowest BCUT2D eigenvalue weighted by atomic mass is 9.87. The molecule has 0 radical (unpaired) electrons. The Kier molecular flexibility index (Phi) is 6.21. The third-order valence-electron chi connectivity index (χ3n) is 3.91. The molecular weight excluding hydrogens is 288 g/mol. The molecule has 0 amide bonds. The molecule has 2 aromatic rings. The van der Waals surface area contributed by atoms with Gasteiger partial charge in [-0.05, 0) is 41.8 Å². The summed E-state index contributed by atoms with van der Waals surface area (Å²) in [6.45, 7) is 3.62. The van der Waals surface area contributed by atoms with Gasteiger partial charge < -0.3 is 9.47 Å². The van der Waals surface area contributed by atoms with E-state index in [-0.39, 0.29) is 5.97 Å². The number of hydrogen-bond donors (Lipinski definition) is 0. The number of benzene rings is 2. The maximum absolute atomic E-state index is 11.0. The Hall–Kier alpha value is -2.29. The van der Waals surface area contributed by atoms with E-state index in [1.54, 1.807) is 7.11 Å². The Bertz CT molecular complexity index is 614. The van der Waals surface area contributed by atoms with Gasteiger partial charge in [0.25, 0.3) is 0 Å². The Balaban J connectivity index is 2.24. The topological polar surface area (TPSA) is 35.5 Å². The normalized spacial score (nSPS) is 11.8. The van der Waals surface area contributed by atoms with Gasteiger partial charge in [0.05, 0.1) is 7.11 Å². The van der Waals surface area contributed by atoms with Crippen molar-refractivity contribution in [3.05, 3.63) is 59.7 Å². The van der Waals surface area contributed by atoms with Crippen LogP contribution in [-0.2, 0) is 4.79 Å². The van der Waals surface area contributed by atoms with Crippen molar-refractivity contribution in [1.29, 1.82) is 0 Å². The molecule has 0 saturated carbocycles. The maximum atomic E-state index is 11.0. The summed E-state index contributed by atoms with van der Waals surface area (Å²) >= 11 is 0. The minimum Gasteiger partial charge on any atom is -0.497 e. The lowest BCUT2D eigenvalue weighted by Gasteiger charge is -2.18. The number of carbonyl (C=O) groups is 1. The highest BCUT2D eigenvalue weighted by Crippen LogP contribution is 2.32. The van der Waals surface area contributed by atoms with Crippen LogP contribution in [0.4, 0.5) is 0 Å². The van der Waals surface area contributed by atoms with Gasteiger partial charge in [-0.1, -0.05) is 44.0 Å². The Morgan fingerprint density at radius 2 is 1.48 bits per heavy atom. The lowest BCUT2D eigenvalue weighted by Crippen LogP contribution is -2.03. The van der Waals surface area contributed by atoms with Crippen molar-refractivity contribution in [2.45, 2.75) is 39.0 Å². The van der Waals surface area contributed by atoms with Crippen LogP contribution in [0.3, 0.4) is 0 Å². The van der Waals surface area contributed by atoms with Crippen LogP contribution in [0.25, 0.3) is 0 Å². The number of carbonyl (C=O) groups excluding carboxylic acids is 1. The summed E-state index contributed by atoms with van der Waals surface area (Å²) in [6, 6.07) is 16.1. The van der Waals surface area contributed by atoms with Gasteiger partial charge in [0.1, 0.15) is 11.5 Å². The number of hydrogen-bond acceptors (Lipinski definition) is 3. The first-order valence-corrected chi connectivity index (χ1v) is 8.06. The van der Waals surface area contributed by atoms with Gasteiger partial charge >= 0.3 is 5.97 Å². The molecule has 1 unspecified atom stereocenters. The van der Waals surface area contributed by atoms with Crippen LogP contribution in [0.2, 0.25) is 0 Å². The van der Waals surface area contributed by atoms with Crippen LogP contribution in [0.5, 0.6) is 11.5 Å². The fourth-order valence-corrected chi connectivity index (χ4v) is 2.70. The van der Waals surface area contributed by atoms with Gasteiger partial charge in [-0.15, -0.1) is 0 Å². The van der Waals surface area contributed by atoms with Crippen LogP contribution < -0.4 is 9.47 Å². The third-order valence-corrected chi connectivity index (χ3v) is 3.91. The summed E-state index contributed by atoms with van der Waals surface area (Å²) in [6.07, 6.45) is 3.43. The van der Waals surface area contributed by atoms with Crippen molar-refractivity contribution < 1.29 is 14.3 Å². The molecule has 2 aromatic carbocycles. The molecule has 3 nitrogen and oxygen atoms in total. The van der Waals surface area contributed by atoms with Gasteiger partial charge in [-0.2, -0.15) is 0 Å². The minimum absolute atomic E-state index is 0.296. The van der Waals surface area contributed by atoms with Gasteiger partial charge in [0.15, 0.2) is 0 Å². The highest BCUT2D eigenvalue weighted by atomic mass is 16.5. The molecule has 2 rings (SSSR count). The minimum atomic E-state index is -0.296. The van der Waals surface area contributed by atoms with E-state index < -0.39 is 0 Å². The molecule has 0 bridgehead atoms. The standard InChI is InChI=1S/C20H24O3/c1-4-5-6-20(16-7-11-18(22-3)12-8-16)17-9-13-19(14-10-17)23-15(2)21/h7-14,20H,4-6H2,1-3H3. The summed E-state index contributed by atoms with van der Waals surface area (Å²) in [5.41, 5.74) is 2.51. The molecular formula is C20H24O3. The number of ether oxygens (including phenoxy) is 2. The average molecular weight is 312 g/mol. The predicted molar refractivity (Wildman–Crippen MR) is 92.1 cm³/mol. The number of rotatable bonds is 7. The summed E-state index contributed by atoms with van der Waals surface area (Å²) in [5, 5.41) is 0. The number of unbranched alkanes of at least 4 members (excludes halogenated alkanes) is 1. The van der Waals surface area contributed by atoms with Crippen molar-refractivity contribution in [2.24, 2.45) is 0 Å². The second-order valence-electron chi connectivity index (χ2n) is 5.63. The summed E-state index contributed by atoms with van der Waals surface area (Å²) < 4.78 is 10.4. The maximum Gasteiger partial charge on any atom is 0.308 e. The van der Waals surface area contributed by atoms with E-state index in [0.29, 0.717) is 11.7 Å². The van der Waals surface area contributed by atoms with Crippen LogP contribution in [0.1, 0.15) is 50.2 Å². The van der Waals surface area contributed by atoms with E-state index >= 15 is 0 Å². The molecule has 0 aliphatic rings. The second-order valence-corrected chi connectivity index (χ2v) is 5.63. The van der Waals surface area contributed by atoms with Crippen molar-refractivity contribution in [3.8, 4) is 11.5 Å². The van der Waals surface area contributed by atoms with Crippen LogP contribution in [0.15, 0.2) is 48.5 Å². The van der Waals surface area contributed by atoms with E-state index in [1.165, 1.54) is 24.5 Å². The molecule has 23 heavy (non-hydrogen) atoms. The zero-order valence-corrected chi connectivity index (χ0v) is 14.0. The zero-order valence-electron chi connectivity index (χ0n) is 14.0. The Labute approximate surface area is 138 Å². The van der Waals surface area contributed by atoms with Crippen molar-refractivity contribution in [2.75, 3.05) is 7.11 Å². The second kappa shape index (κ2) is 8.37. The number of esters is 1. The zero-order chi connectivity index (χ0) is 16.7. The molecule has 0 spiro atoms. The van der Waals surface area contributed by atoms with Crippen molar-refractivity contribution in [3.63, 3.8) is 0 Å². The SMILES string of the molecule is CCCCC(c1ccc(OC)cc1)c1ccc(OC(C)=O)cc1. The van der Waals surface area contributed by atoms with E-state index in [2.05, 4.69) is 19.1 Å². The first-order valence-electron chi connectivity index (χ1n) is 8.06.